The Balaban J connectivity index is 1.83. The van der Waals surface area contributed by atoms with Gasteiger partial charge in [0.15, 0.2) is 0 Å². The Morgan fingerprint density at radius 3 is 2.21 bits per heavy atom. The van der Waals surface area contributed by atoms with Gasteiger partial charge in [0, 0.05) is 25.3 Å². The number of benzene rings is 2. The zero-order valence-corrected chi connectivity index (χ0v) is 15.0. The van der Waals surface area contributed by atoms with Crippen LogP contribution in [0, 0.1) is 0 Å². The van der Waals surface area contributed by atoms with Crippen LogP contribution in [-0.2, 0) is 22.3 Å². The SMILES string of the molecule is CN(C)CCNc1ccc(CNS(=O)(=O)Cc2ccccc2)cc1. The highest BCUT2D eigenvalue weighted by Crippen LogP contribution is 2.10. The van der Waals surface area contributed by atoms with Crippen LogP contribution in [0.15, 0.2) is 54.6 Å². The van der Waals surface area contributed by atoms with E-state index in [1.165, 1.54) is 0 Å². The lowest BCUT2D eigenvalue weighted by atomic mass is 10.2. The Labute approximate surface area is 144 Å². The van der Waals surface area contributed by atoms with Crippen molar-refractivity contribution < 1.29 is 8.42 Å². The third-order valence-electron chi connectivity index (χ3n) is 3.54. The van der Waals surface area contributed by atoms with Crippen molar-refractivity contribution >= 4 is 15.7 Å². The second-order valence-electron chi connectivity index (χ2n) is 5.99. The van der Waals surface area contributed by atoms with E-state index in [1.54, 1.807) is 0 Å². The zero-order valence-electron chi connectivity index (χ0n) is 14.2. The van der Waals surface area contributed by atoms with Gasteiger partial charge in [-0.05, 0) is 37.4 Å². The first-order valence-electron chi connectivity index (χ1n) is 7.93. The minimum absolute atomic E-state index is 0.00197. The molecular formula is C18H25N3O2S. The van der Waals surface area contributed by atoms with Crippen LogP contribution in [0.5, 0.6) is 0 Å². The van der Waals surface area contributed by atoms with Crippen LogP contribution in [0.3, 0.4) is 0 Å². The molecule has 0 fully saturated rings. The average Bonchev–Trinajstić information content (AvgIpc) is 2.54. The van der Waals surface area contributed by atoms with Crippen LogP contribution in [0.1, 0.15) is 11.1 Å². The van der Waals surface area contributed by atoms with Gasteiger partial charge in [-0.2, -0.15) is 0 Å². The number of nitrogens with zero attached hydrogens (tertiary/aromatic N) is 1. The summed E-state index contributed by atoms with van der Waals surface area (Å²) in [4.78, 5) is 2.11. The van der Waals surface area contributed by atoms with Crippen molar-refractivity contribution in [3.8, 4) is 0 Å². The van der Waals surface area contributed by atoms with Crippen LogP contribution in [0.25, 0.3) is 0 Å². The molecule has 0 heterocycles. The van der Waals surface area contributed by atoms with Crippen molar-refractivity contribution in [2.75, 3.05) is 32.5 Å². The van der Waals surface area contributed by atoms with Crippen molar-refractivity contribution in [3.63, 3.8) is 0 Å². The zero-order chi connectivity index (χ0) is 17.4. The quantitative estimate of drug-likeness (QED) is 0.731. The molecule has 5 nitrogen and oxygen atoms in total. The van der Waals surface area contributed by atoms with Crippen molar-refractivity contribution in [1.82, 2.24) is 9.62 Å². The topological polar surface area (TPSA) is 61.4 Å². The van der Waals surface area contributed by atoms with E-state index in [9.17, 15) is 8.42 Å². The molecule has 0 saturated heterocycles. The number of likely N-dealkylation sites (N-methyl/N-ethyl adjacent to an activating group) is 1. The Hall–Kier alpha value is -1.89. The van der Waals surface area contributed by atoms with Gasteiger partial charge >= 0.3 is 0 Å². The first-order chi connectivity index (χ1) is 11.4. The first-order valence-corrected chi connectivity index (χ1v) is 9.59. The van der Waals surface area contributed by atoms with Crippen LogP contribution >= 0.6 is 0 Å². The van der Waals surface area contributed by atoms with E-state index < -0.39 is 10.0 Å². The van der Waals surface area contributed by atoms with Crippen LogP contribution in [-0.4, -0.2) is 40.5 Å². The van der Waals surface area contributed by atoms with Crippen molar-refractivity contribution in [2.24, 2.45) is 0 Å². The smallest absolute Gasteiger partial charge is 0.216 e. The second kappa shape index (κ2) is 8.82. The van der Waals surface area contributed by atoms with E-state index in [2.05, 4.69) is 14.9 Å². The number of hydrogen-bond acceptors (Lipinski definition) is 4. The van der Waals surface area contributed by atoms with Gasteiger partial charge < -0.3 is 10.2 Å². The molecule has 2 aromatic carbocycles. The van der Waals surface area contributed by atoms with Gasteiger partial charge in [-0.25, -0.2) is 13.1 Å². The number of anilines is 1. The molecule has 0 bridgehead atoms. The maximum Gasteiger partial charge on any atom is 0.216 e. The third kappa shape index (κ3) is 6.70. The third-order valence-corrected chi connectivity index (χ3v) is 4.84. The molecule has 6 heteroatoms. The van der Waals surface area contributed by atoms with Crippen molar-refractivity contribution in [3.05, 3.63) is 65.7 Å². The fourth-order valence-electron chi connectivity index (χ4n) is 2.20. The average molecular weight is 347 g/mol. The summed E-state index contributed by atoms with van der Waals surface area (Å²) in [5, 5.41) is 3.33. The Morgan fingerprint density at radius 1 is 0.917 bits per heavy atom. The standard InChI is InChI=1S/C18H25N3O2S/c1-21(2)13-12-19-18-10-8-16(9-11-18)14-20-24(22,23)15-17-6-4-3-5-7-17/h3-11,19-20H,12-15H2,1-2H3. The summed E-state index contributed by atoms with van der Waals surface area (Å²) >= 11 is 0. The maximum atomic E-state index is 12.1. The van der Waals surface area contributed by atoms with Gasteiger partial charge in [0.1, 0.15) is 0 Å². The molecular weight excluding hydrogens is 322 g/mol. The van der Waals surface area contributed by atoms with Crippen LogP contribution in [0.4, 0.5) is 5.69 Å². The largest absolute Gasteiger partial charge is 0.384 e. The van der Waals surface area contributed by atoms with Gasteiger partial charge in [0.2, 0.25) is 10.0 Å². The molecule has 2 aromatic rings. The highest BCUT2D eigenvalue weighted by Gasteiger charge is 2.10. The van der Waals surface area contributed by atoms with Crippen molar-refractivity contribution in [1.29, 1.82) is 0 Å². The molecule has 24 heavy (non-hydrogen) atoms. The molecule has 0 aliphatic carbocycles. The predicted octanol–water partition coefficient (Wildman–Crippen LogP) is 2.28. The van der Waals surface area contributed by atoms with E-state index in [4.69, 9.17) is 0 Å². The fraction of sp³-hybridized carbons (Fsp3) is 0.333. The summed E-state index contributed by atoms with van der Waals surface area (Å²) in [5.74, 6) is -0.00197. The molecule has 2 rings (SSSR count). The molecule has 0 aliphatic rings. The molecule has 0 atom stereocenters. The van der Waals surface area contributed by atoms with E-state index in [-0.39, 0.29) is 5.75 Å². The molecule has 0 radical (unpaired) electrons. The van der Waals surface area contributed by atoms with Gasteiger partial charge in [-0.15, -0.1) is 0 Å². The number of sulfonamides is 1. The number of nitrogens with one attached hydrogen (secondary N) is 2. The van der Waals surface area contributed by atoms with E-state index >= 15 is 0 Å². The summed E-state index contributed by atoms with van der Waals surface area (Å²) in [7, 11) is 0.730. The predicted molar refractivity (Wildman–Crippen MR) is 99.4 cm³/mol. The van der Waals surface area contributed by atoms with Gasteiger partial charge in [-0.3, -0.25) is 0 Å². The monoisotopic (exact) mass is 347 g/mol. The lowest BCUT2D eigenvalue weighted by Gasteiger charge is -2.12. The van der Waals surface area contributed by atoms with Crippen molar-refractivity contribution in [2.45, 2.75) is 12.3 Å². The summed E-state index contributed by atoms with van der Waals surface area (Å²) in [6.45, 7) is 2.13. The fourth-order valence-corrected chi connectivity index (χ4v) is 3.32. The minimum Gasteiger partial charge on any atom is -0.384 e. The summed E-state index contributed by atoms with van der Waals surface area (Å²) in [6.07, 6.45) is 0. The van der Waals surface area contributed by atoms with Gasteiger partial charge in [-0.1, -0.05) is 42.5 Å². The highest BCUT2D eigenvalue weighted by molar-refractivity contribution is 7.88. The molecule has 0 unspecified atom stereocenters. The summed E-state index contributed by atoms with van der Waals surface area (Å²) < 4.78 is 26.9. The Morgan fingerprint density at radius 2 is 1.58 bits per heavy atom. The molecule has 0 amide bonds. The summed E-state index contributed by atoms with van der Waals surface area (Å²) in [5.41, 5.74) is 2.75. The molecule has 0 aliphatic heterocycles. The highest BCUT2D eigenvalue weighted by atomic mass is 32.2. The molecule has 130 valence electrons. The second-order valence-corrected chi connectivity index (χ2v) is 7.80. The molecule has 0 saturated carbocycles. The molecule has 2 N–H and O–H groups in total. The van der Waals surface area contributed by atoms with Crippen LogP contribution in [0.2, 0.25) is 0 Å². The first kappa shape index (κ1) is 18.4. The van der Waals surface area contributed by atoms with Crippen LogP contribution < -0.4 is 10.0 Å². The number of rotatable bonds is 9. The molecule has 0 spiro atoms. The Bertz CT molecular complexity index is 714. The van der Waals surface area contributed by atoms with E-state index in [1.807, 2.05) is 68.7 Å². The number of hydrogen-bond donors (Lipinski definition) is 2. The lowest BCUT2D eigenvalue weighted by Crippen LogP contribution is -2.24. The lowest BCUT2D eigenvalue weighted by molar-refractivity contribution is 0.425. The normalized spacial score (nSPS) is 11.6. The van der Waals surface area contributed by atoms with E-state index in [0.717, 1.165) is 29.9 Å². The summed E-state index contributed by atoms with van der Waals surface area (Å²) in [6, 6.07) is 17.0. The minimum atomic E-state index is -3.34. The van der Waals surface area contributed by atoms with Gasteiger partial charge in [0.25, 0.3) is 0 Å². The van der Waals surface area contributed by atoms with E-state index in [0.29, 0.717) is 6.54 Å². The van der Waals surface area contributed by atoms with Gasteiger partial charge in [0.05, 0.1) is 5.75 Å². The Kier molecular flexibility index (Phi) is 6.78. The maximum absolute atomic E-state index is 12.1. The molecule has 0 aromatic heterocycles.